The van der Waals surface area contributed by atoms with Crippen LogP contribution in [0.4, 0.5) is 18.9 Å². The molecule has 0 saturated heterocycles. The van der Waals surface area contributed by atoms with E-state index in [1.807, 2.05) is 0 Å². The van der Waals surface area contributed by atoms with Gasteiger partial charge < -0.3 is 4.98 Å². The van der Waals surface area contributed by atoms with Crippen molar-refractivity contribution in [3.8, 4) is 0 Å². The summed E-state index contributed by atoms with van der Waals surface area (Å²) in [6, 6.07) is 5.99. The van der Waals surface area contributed by atoms with Crippen molar-refractivity contribution in [3.63, 3.8) is 0 Å². The maximum Gasteiger partial charge on any atom is 0.416 e. The maximum atomic E-state index is 12.9. The molecule has 2 aromatic carbocycles. The molecule has 2 heterocycles. The lowest BCUT2D eigenvalue weighted by atomic mass is 10.1. The SMILES string of the molecule is O=[N+]([O-])c1cc(Br)cc2c1[nH]c1nc3ccc(C(F)(F)F)cc3nc12. The molecule has 0 amide bonds. The lowest BCUT2D eigenvalue weighted by Gasteiger charge is -2.06. The Bertz CT molecular complexity index is 1190. The van der Waals surface area contributed by atoms with E-state index in [0.29, 0.717) is 9.86 Å². The molecule has 25 heavy (non-hydrogen) atoms. The predicted octanol–water partition coefficient (Wildman–Crippen LogP) is 4.95. The van der Waals surface area contributed by atoms with Crippen LogP contribution in [0.5, 0.6) is 0 Å². The molecule has 2 aromatic heterocycles. The van der Waals surface area contributed by atoms with Crippen molar-refractivity contribution >= 4 is 54.7 Å². The molecule has 4 aromatic rings. The van der Waals surface area contributed by atoms with Crippen LogP contribution in [-0.2, 0) is 6.18 Å². The highest BCUT2D eigenvalue weighted by Gasteiger charge is 2.31. The second kappa shape index (κ2) is 5.12. The summed E-state index contributed by atoms with van der Waals surface area (Å²) in [5.74, 6) is 0. The van der Waals surface area contributed by atoms with E-state index in [1.54, 1.807) is 6.07 Å². The number of nitrogens with zero attached hydrogens (tertiary/aromatic N) is 3. The lowest BCUT2D eigenvalue weighted by Crippen LogP contribution is -2.04. The number of nitro groups is 1. The van der Waals surface area contributed by atoms with Gasteiger partial charge >= 0.3 is 6.18 Å². The number of alkyl halides is 3. The molecule has 0 radical (unpaired) electrons. The van der Waals surface area contributed by atoms with E-state index in [2.05, 4.69) is 30.9 Å². The number of hydrogen-bond donors (Lipinski definition) is 1. The topological polar surface area (TPSA) is 84.7 Å². The van der Waals surface area contributed by atoms with Crippen LogP contribution in [-0.4, -0.2) is 19.9 Å². The molecule has 0 aliphatic heterocycles. The van der Waals surface area contributed by atoms with Crippen molar-refractivity contribution in [1.29, 1.82) is 0 Å². The van der Waals surface area contributed by atoms with Crippen molar-refractivity contribution in [2.24, 2.45) is 0 Å². The minimum absolute atomic E-state index is 0.0610. The molecule has 0 bridgehead atoms. The van der Waals surface area contributed by atoms with E-state index in [9.17, 15) is 23.3 Å². The first-order valence-corrected chi connectivity index (χ1v) is 7.67. The van der Waals surface area contributed by atoms with E-state index >= 15 is 0 Å². The molecule has 0 fully saturated rings. The predicted molar refractivity (Wildman–Crippen MR) is 88.3 cm³/mol. The lowest BCUT2D eigenvalue weighted by molar-refractivity contribution is -0.383. The summed E-state index contributed by atoms with van der Waals surface area (Å²) < 4.78 is 39.1. The molecule has 1 N–H and O–H groups in total. The number of fused-ring (bicyclic) bond motifs is 4. The van der Waals surface area contributed by atoms with Gasteiger partial charge in [-0.2, -0.15) is 13.2 Å². The fraction of sp³-hybridized carbons (Fsp3) is 0.0667. The highest BCUT2D eigenvalue weighted by atomic mass is 79.9. The number of hydrogen-bond acceptors (Lipinski definition) is 4. The van der Waals surface area contributed by atoms with Crippen molar-refractivity contribution in [2.45, 2.75) is 6.18 Å². The Morgan fingerprint density at radius 2 is 1.88 bits per heavy atom. The first-order chi connectivity index (χ1) is 11.7. The Labute approximate surface area is 145 Å². The molecule has 0 atom stereocenters. The van der Waals surface area contributed by atoms with Crippen LogP contribution < -0.4 is 0 Å². The van der Waals surface area contributed by atoms with Crippen LogP contribution in [0.3, 0.4) is 0 Å². The number of aromatic amines is 1. The summed E-state index contributed by atoms with van der Waals surface area (Å²) in [6.07, 6.45) is -4.49. The molecule has 0 aliphatic rings. The molecule has 0 unspecified atom stereocenters. The molecule has 0 spiro atoms. The summed E-state index contributed by atoms with van der Waals surface area (Å²) in [5, 5.41) is 11.6. The number of H-pyrrole nitrogens is 1. The van der Waals surface area contributed by atoms with Crippen LogP contribution in [0.25, 0.3) is 33.1 Å². The molecular formula is C15H6BrF3N4O2. The molecule has 0 aliphatic carbocycles. The second-order valence-electron chi connectivity index (χ2n) is 5.35. The Morgan fingerprint density at radius 3 is 2.56 bits per heavy atom. The van der Waals surface area contributed by atoms with E-state index in [-0.39, 0.29) is 33.4 Å². The molecular weight excluding hydrogens is 405 g/mol. The summed E-state index contributed by atoms with van der Waals surface area (Å²) in [6.45, 7) is 0. The Kier molecular flexibility index (Phi) is 3.23. The first-order valence-electron chi connectivity index (χ1n) is 6.88. The highest BCUT2D eigenvalue weighted by molar-refractivity contribution is 9.10. The quantitative estimate of drug-likeness (QED) is 0.355. The number of non-ortho nitro benzene ring substituents is 1. The van der Waals surface area contributed by atoms with Crippen molar-refractivity contribution in [2.75, 3.05) is 0 Å². The van der Waals surface area contributed by atoms with Gasteiger partial charge in [-0.05, 0) is 24.3 Å². The number of halogens is 4. The zero-order valence-corrected chi connectivity index (χ0v) is 13.6. The number of aromatic nitrogens is 3. The van der Waals surface area contributed by atoms with E-state index in [1.165, 1.54) is 12.1 Å². The number of nitro benzene ring substituents is 1. The summed E-state index contributed by atoms with van der Waals surface area (Å²) in [5.41, 5.74) is 0.0636. The number of rotatable bonds is 1. The van der Waals surface area contributed by atoms with Crippen LogP contribution >= 0.6 is 15.9 Å². The summed E-state index contributed by atoms with van der Waals surface area (Å²) in [7, 11) is 0. The van der Waals surface area contributed by atoms with Crippen molar-refractivity contribution in [3.05, 3.63) is 50.5 Å². The van der Waals surface area contributed by atoms with Gasteiger partial charge in [0.25, 0.3) is 5.69 Å². The zero-order chi connectivity index (χ0) is 17.9. The van der Waals surface area contributed by atoms with Gasteiger partial charge in [-0.3, -0.25) is 10.1 Å². The first kappa shape index (κ1) is 15.8. The number of benzene rings is 2. The molecule has 0 saturated carbocycles. The van der Waals surface area contributed by atoms with Gasteiger partial charge in [0.2, 0.25) is 0 Å². The van der Waals surface area contributed by atoms with Gasteiger partial charge in [0.05, 0.1) is 21.5 Å². The van der Waals surface area contributed by atoms with Crippen molar-refractivity contribution in [1.82, 2.24) is 15.0 Å². The van der Waals surface area contributed by atoms with Crippen LogP contribution in [0.15, 0.2) is 34.8 Å². The van der Waals surface area contributed by atoms with Crippen molar-refractivity contribution < 1.29 is 18.1 Å². The average Bonchev–Trinajstić information content (AvgIpc) is 2.87. The molecule has 10 heteroatoms. The minimum Gasteiger partial charge on any atom is -0.332 e. The third-order valence-corrected chi connectivity index (χ3v) is 4.23. The van der Waals surface area contributed by atoms with E-state index in [0.717, 1.165) is 12.1 Å². The summed E-state index contributed by atoms with van der Waals surface area (Å²) in [4.78, 5) is 22.0. The smallest absolute Gasteiger partial charge is 0.332 e. The third kappa shape index (κ3) is 2.49. The zero-order valence-electron chi connectivity index (χ0n) is 12.1. The Morgan fingerprint density at radius 1 is 1.12 bits per heavy atom. The van der Waals surface area contributed by atoms with Crippen LogP contribution in [0.2, 0.25) is 0 Å². The van der Waals surface area contributed by atoms with Gasteiger partial charge in [-0.15, -0.1) is 0 Å². The molecule has 126 valence electrons. The third-order valence-electron chi connectivity index (χ3n) is 3.77. The Hall–Kier alpha value is -2.75. The van der Waals surface area contributed by atoms with E-state index in [4.69, 9.17) is 0 Å². The molecule has 4 rings (SSSR count). The van der Waals surface area contributed by atoms with Crippen LogP contribution in [0.1, 0.15) is 5.56 Å². The van der Waals surface area contributed by atoms with Gasteiger partial charge in [0, 0.05) is 15.9 Å². The van der Waals surface area contributed by atoms with Gasteiger partial charge in [-0.25, -0.2) is 9.97 Å². The Balaban J connectivity index is 2.10. The monoisotopic (exact) mass is 410 g/mol. The standard InChI is InChI=1S/C15H6BrF3N4O2/c16-7-4-8-12(11(5-7)23(24)25)22-14-13(8)20-10-3-6(15(17,18)19)1-2-9(10)21-14/h1-5H,(H,21,22). The fourth-order valence-electron chi connectivity index (χ4n) is 2.68. The highest BCUT2D eigenvalue weighted by Crippen LogP contribution is 2.35. The van der Waals surface area contributed by atoms with Gasteiger partial charge in [0.1, 0.15) is 11.0 Å². The largest absolute Gasteiger partial charge is 0.416 e. The fourth-order valence-corrected chi connectivity index (χ4v) is 3.12. The van der Waals surface area contributed by atoms with Crippen LogP contribution in [0, 0.1) is 10.1 Å². The van der Waals surface area contributed by atoms with Gasteiger partial charge in [-0.1, -0.05) is 15.9 Å². The average molecular weight is 411 g/mol. The minimum atomic E-state index is -4.49. The normalized spacial score (nSPS) is 12.3. The summed E-state index contributed by atoms with van der Waals surface area (Å²) >= 11 is 3.19. The van der Waals surface area contributed by atoms with Gasteiger partial charge in [0.15, 0.2) is 5.65 Å². The molecule has 6 nitrogen and oxygen atoms in total. The van der Waals surface area contributed by atoms with E-state index < -0.39 is 16.7 Å². The maximum absolute atomic E-state index is 12.9. The number of nitrogens with one attached hydrogen (secondary N) is 1. The second-order valence-corrected chi connectivity index (χ2v) is 6.27.